The van der Waals surface area contributed by atoms with Crippen LogP contribution in [0.3, 0.4) is 0 Å². The number of hydrogen-bond acceptors (Lipinski definition) is 7. The van der Waals surface area contributed by atoms with E-state index in [2.05, 4.69) is 10.3 Å². The zero-order valence-corrected chi connectivity index (χ0v) is 18.8. The third-order valence-electron chi connectivity index (χ3n) is 4.64. The van der Waals surface area contributed by atoms with Crippen LogP contribution in [0.25, 0.3) is 20.3 Å². The van der Waals surface area contributed by atoms with Gasteiger partial charge in [-0.3, -0.25) is 19.7 Å². The number of amides is 2. The fraction of sp³-hybridized carbons (Fsp3) is 0.190. The molecule has 0 radical (unpaired) electrons. The van der Waals surface area contributed by atoms with Gasteiger partial charge in [0.15, 0.2) is 4.80 Å². The standard InChI is InChI=1S/C21H18N4O5S2/c1-12(26)22-14-3-5-16-18(11-14)32-21(24(16)7-8-30-2)23-20(27)19-10-13-9-15(25(28)29)4-6-17(13)31-19/h3-6,9-11H,7-8H2,1-2H3,(H,22,26). The van der Waals surface area contributed by atoms with Gasteiger partial charge >= 0.3 is 0 Å². The van der Waals surface area contributed by atoms with Crippen LogP contribution >= 0.6 is 22.7 Å². The molecule has 0 unspecified atom stereocenters. The van der Waals surface area contributed by atoms with E-state index in [1.54, 1.807) is 25.3 Å². The molecule has 0 spiro atoms. The van der Waals surface area contributed by atoms with Crippen LogP contribution in [-0.4, -0.2) is 35.0 Å². The largest absolute Gasteiger partial charge is 0.383 e. The summed E-state index contributed by atoms with van der Waals surface area (Å²) in [4.78, 5) is 40.1. The molecule has 1 N–H and O–H groups in total. The van der Waals surface area contributed by atoms with Gasteiger partial charge in [0.2, 0.25) is 5.91 Å². The highest BCUT2D eigenvalue weighted by atomic mass is 32.1. The van der Waals surface area contributed by atoms with Crippen molar-refractivity contribution in [3.05, 3.63) is 62.3 Å². The summed E-state index contributed by atoms with van der Waals surface area (Å²) in [7, 11) is 1.60. The zero-order chi connectivity index (χ0) is 22.8. The number of fused-ring (bicyclic) bond motifs is 2. The molecule has 2 aromatic carbocycles. The van der Waals surface area contributed by atoms with E-state index >= 15 is 0 Å². The van der Waals surface area contributed by atoms with Crippen LogP contribution in [0.2, 0.25) is 0 Å². The van der Waals surface area contributed by atoms with E-state index in [0.29, 0.717) is 33.9 Å². The van der Waals surface area contributed by atoms with E-state index in [1.807, 2.05) is 16.7 Å². The van der Waals surface area contributed by atoms with Crippen molar-refractivity contribution in [2.75, 3.05) is 19.0 Å². The maximum atomic E-state index is 12.9. The molecule has 4 aromatic rings. The number of rotatable bonds is 6. The molecule has 2 heterocycles. The molecule has 0 fully saturated rings. The minimum Gasteiger partial charge on any atom is -0.383 e. The number of benzene rings is 2. The average Bonchev–Trinajstić information content (AvgIpc) is 3.31. The number of nitro benzene ring substituents is 1. The molecule has 0 aliphatic rings. The summed E-state index contributed by atoms with van der Waals surface area (Å²) in [6, 6.07) is 11.6. The fourth-order valence-corrected chi connectivity index (χ4v) is 5.25. The number of hydrogen-bond donors (Lipinski definition) is 1. The van der Waals surface area contributed by atoms with Gasteiger partial charge in [0.25, 0.3) is 11.6 Å². The number of methoxy groups -OCH3 is 1. The molecule has 32 heavy (non-hydrogen) atoms. The summed E-state index contributed by atoms with van der Waals surface area (Å²) in [6.45, 7) is 2.38. The van der Waals surface area contributed by atoms with Crippen molar-refractivity contribution < 1.29 is 19.2 Å². The minimum absolute atomic E-state index is 0.0249. The Morgan fingerprint density at radius 3 is 2.69 bits per heavy atom. The second kappa shape index (κ2) is 8.99. The van der Waals surface area contributed by atoms with Crippen molar-refractivity contribution in [1.82, 2.24) is 4.57 Å². The molecule has 11 heteroatoms. The fourth-order valence-electron chi connectivity index (χ4n) is 3.23. The number of non-ortho nitro benzene ring substituents is 1. The van der Waals surface area contributed by atoms with Gasteiger partial charge in [0, 0.05) is 48.5 Å². The predicted molar refractivity (Wildman–Crippen MR) is 124 cm³/mol. The van der Waals surface area contributed by atoms with E-state index in [-0.39, 0.29) is 11.6 Å². The normalized spacial score (nSPS) is 11.9. The van der Waals surface area contributed by atoms with Crippen LogP contribution in [-0.2, 0) is 16.1 Å². The van der Waals surface area contributed by atoms with Crippen LogP contribution in [0.4, 0.5) is 11.4 Å². The Kier molecular flexibility index (Phi) is 6.12. The van der Waals surface area contributed by atoms with Gasteiger partial charge in [-0.1, -0.05) is 11.3 Å². The SMILES string of the molecule is COCCn1c(=NC(=O)c2cc3cc([N+](=O)[O-])ccc3s2)sc2cc(NC(C)=O)ccc21. The molecule has 9 nitrogen and oxygen atoms in total. The third-order valence-corrected chi connectivity index (χ3v) is 6.79. The molecule has 4 rings (SSSR count). The van der Waals surface area contributed by atoms with Gasteiger partial charge in [-0.2, -0.15) is 4.99 Å². The van der Waals surface area contributed by atoms with Crippen molar-refractivity contribution in [2.45, 2.75) is 13.5 Å². The summed E-state index contributed by atoms with van der Waals surface area (Å²) in [5.41, 5.74) is 1.51. The number of aromatic nitrogens is 1. The summed E-state index contributed by atoms with van der Waals surface area (Å²) in [5.74, 6) is -0.591. The number of nitrogens with zero attached hydrogens (tertiary/aromatic N) is 3. The number of thiophene rings is 1. The van der Waals surface area contributed by atoms with Crippen LogP contribution < -0.4 is 10.1 Å². The lowest BCUT2D eigenvalue weighted by Gasteiger charge is -2.05. The predicted octanol–water partition coefficient (Wildman–Crippen LogP) is 4.17. The molecule has 0 atom stereocenters. The molecule has 0 aliphatic heterocycles. The summed E-state index contributed by atoms with van der Waals surface area (Å²) >= 11 is 2.58. The van der Waals surface area contributed by atoms with Crippen molar-refractivity contribution in [1.29, 1.82) is 0 Å². The smallest absolute Gasteiger partial charge is 0.289 e. The number of carbonyl (C=O) groups is 2. The van der Waals surface area contributed by atoms with E-state index < -0.39 is 10.8 Å². The Balaban J connectivity index is 1.77. The van der Waals surface area contributed by atoms with Gasteiger partial charge in [-0.15, -0.1) is 11.3 Å². The second-order valence-corrected chi connectivity index (χ2v) is 8.99. The molecule has 0 saturated heterocycles. The molecular weight excluding hydrogens is 452 g/mol. The van der Waals surface area contributed by atoms with Gasteiger partial charge in [0.05, 0.1) is 26.6 Å². The first-order valence-electron chi connectivity index (χ1n) is 9.52. The van der Waals surface area contributed by atoms with E-state index in [4.69, 9.17) is 4.74 Å². The maximum absolute atomic E-state index is 12.9. The molecule has 0 saturated carbocycles. The number of thiazole rings is 1. The lowest BCUT2D eigenvalue weighted by atomic mass is 10.2. The quantitative estimate of drug-likeness (QED) is 0.335. The minimum atomic E-state index is -0.464. The third kappa shape index (κ3) is 4.44. The van der Waals surface area contributed by atoms with E-state index in [9.17, 15) is 19.7 Å². The number of carbonyl (C=O) groups excluding carboxylic acids is 2. The van der Waals surface area contributed by atoms with Crippen LogP contribution in [0, 0.1) is 10.1 Å². The van der Waals surface area contributed by atoms with Gasteiger partial charge in [-0.05, 0) is 30.3 Å². The lowest BCUT2D eigenvalue weighted by molar-refractivity contribution is -0.384. The Morgan fingerprint density at radius 2 is 1.97 bits per heavy atom. The highest BCUT2D eigenvalue weighted by molar-refractivity contribution is 7.21. The summed E-state index contributed by atoms with van der Waals surface area (Å²) in [6.07, 6.45) is 0. The number of ether oxygens (including phenoxy) is 1. The Hall–Kier alpha value is -3.41. The molecule has 2 amide bonds. The van der Waals surface area contributed by atoms with Crippen molar-refractivity contribution >= 4 is 66.2 Å². The number of anilines is 1. The van der Waals surface area contributed by atoms with Gasteiger partial charge in [-0.25, -0.2) is 0 Å². The van der Waals surface area contributed by atoms with Crippen LogP contribution in [0.1, 0.15) is 16.6 Å². The van der Waals surface area contributed by atoms with Crippen LogP contribution in [0.5, 0.6) is 0 Å². The average molecular weight is 471 g/mol. The van der Waals surface area contributed by atoms with Gasteiger partial charge in [0.1, 0.15) is 0 Å². The first kappa shape index (κ1) is 21.8. The summed E-state index contributed by atoms with van der Waals surface area (Å²) < 4.78 is 8.74. The van der Waals surface area contributed by atoms with Crippen molar-refractivity contribution in [3.63, 3.8) is 0 Å². The zero-order valence-electron chi connectivity index (χ0n) is 17.2. The highest BCUT2D eigenvalue weighted by Crippen LogP contribution is 2.29. The lowest BCUT2D eigenvalue weighted by Crippen LogP contribution is -2.19. The number of nitrogens with one attached hydrogen (secondary N) is 1. The molecule has 2 aromatic heterocycles. The topological polar surface area (TPSA) is 116 Å². The van der Waals surface area contributed by atoms with Gasteiger partial charge < -0.3 is 14.6 Å². The maximum Gasteiger partial charge on any atom is 0.289 e. The molecule has 0 aliphatic carbocycles. The monoisotopic (exact) mass is 470 g/mol. The Labute approximate surface area is 189 Å². The molecular formula is C21H18N4O5S2. The second-order valence-electron chi connectivity index (χ2n) is 6.90. The number of nitro groups is 1. The Bertz CT molecular complexity index is 1430. The first-order chi connectivity index (χ1) is 15.4. The summed E-state index contributed by atoms with van der Waals surface area (Å²) in [5, 5.41) is 14.4. The molecule has 164 valence electrons. The van der Waals surface area contributed by atoms with Crippen molar-refractivity contribution in [3.8, 4) is 0 Å². The van der Waals surface area contributed by atoms with Crippen LogP contribution in [0.15, 0.2) is 47.5 Å². The molecule has 0 bridgehead atoms. The van der Waals surface area contributed by atoms with E-state index in [0.717, 1.165) is 14.9 Å². The highest BCUT2D eigenvalue weighted by Gasteiger charge is 2.15. The first-order valence-corrected chi connectivity index (χ1v) is 11.2. The van der Waals surface area contributed by atoms with Crippen molar-refractivity contribution in [2.24, 2.45) is 4.99 Å². The van der Waals surface area contributed by atoms with E-state index in [1.165, 1.54) is 41.7 Å². The Morgan fingerprint density at radius 1 is 1.16 bits per heavy atom.